The number of carbonyl (C=O) groups excluding carboxylic acids is 3. The number of methoxy groups -OCH3 is 2. The van der Waals surface area contributed by atoms with Crippen molar-refractivity contribution in [3.8, 4) is 0 Å². The molecule has 0 atom stereocenters. The van der Waals surface area contributed by atoms with Crippen LogP contribution in [0.2, 0.25) is 0 Å². The van der Waals surface area contributed by atoms with Crippen LogP contribution in [-0.4, -0.2) is 45.3 Å². The molecule has 19 heavy (non-hydrogen) atoms. The van der Waals surface area contributed by atoms with Crippen molar-refractivity contribution in [3.05, 3.63) is 12.3 Å². The summed E-state index contributed by atoms with van der Waals surface area (Å²) in [5.74, 6) is -2.18. The molecule has 0 saturated heterocycles. The first-order chi connectivity index (χ1) is 8.80. The van der Waals surface area contributed by atoms with Crippen LogP contribution in [0.5, 0.6) is 0 Å². The zero-order valence-electron chi connectivity index (χ0n) is 11.5. The van der Waals surface area contributed by atoms with Gasteiger partial charge in [-0.15, -0.1) is 0 Å². The summed E-state index contributed by atoms with van der Waals surface area (Å²) >= 11 is 0. The largest absolute Gasteiger partial charge is 0.497 e. The summed E-state index contributed by atoms with van der Waals surface area (Å²) < 4.78 is 19.0. The van der Waals surface area contributed by atoms with E-state index in [-0.39, 0.29) is 0 Å². The molecule has 7 heteroatoms. The standard InChI is InChI=1S/C12H18O7/c1-8(2)18-6-12(10(14)16-4,11(15)17-5)7-19-9(3)13/h1,6-7H2,2-5H3. The highest BCUT2D eigenvalue weighted by Crippen LogP contribution is 2.24. The van der Waals surface area contributed by atoms with Crippen molar-refractivity contribution in [2.75, 3.05) is 27.4 Å². The van der Waals surface area contributed by atoms with E-state index >= 15 is 0 Å². The number of hydrogen-bond donors (Lipinski definition) is 0. The van der Waals surface area contributed by atoms with Crippen LogP contribution in [0.25, 0.3) is 0 Å². The second-order valence-electron chi connectivity index (χ2n) is 3.84. The predicted molar refractivity (Wildman–Crippen MR) is 63.9 cm³/mol. The van der Waals surface area contributed by atoms with E-state index in [9.17, 15) is 14.4 Å². The van der Waals surface area contributed by atoms with Crippen molar-refractivity contribution in [1.82, 2.24) is 0 Å². The molecule has 0 amide bonds. The van der Waals surface area contributed by atoms with Gasteiger partial charge < -0.3 is 18.9 Å². The maximum absolute atomic E-state index is 11.8. The third-order valence-electron chi connectivity index (χ3n) is 2.24. The Hall–Kier alpha value is -2.05. The fourth-order valence-electron chi connectivity index (χ4n) is 1.22. The number of carbonyl (C=O) groups is 3. The third kappa shape index (κ3) is 4.61. The molecule has 0 aliphatic carbocycles. The quantitative estimate of drug-likeness (QED) is 0.288. The van der Waals surface area contributed by atoms with E-state index in [0.29, 0.717) is 5.76 Å². The summed E-state index contributed by atoms with van der Waals surface area (Å²) in [6.45, 7) is 5.26. The monoisotopic (exact) mass is 274 g/mol. The van der Waals surface area contributed by atoms with Gasteiger partial charge in [0.25, 0.3) is 0 Å². The zero-order valence-corrected chi connectivity index (χ0v) is 11.5. The lowest BCUT2D eigenvalue weighted by molar-refractivity contribution is -0.179. The highest BCUT2D eigenvalue weighted by Gasteiger charge is 2.51. The maximum atomic E-state index is 11.8. The minimum absolute atomic E-state index is 0.292. The summed E-state index contributed by atoms with van der Waals surface area (Å²) in [7, 11) is 2.21. The van der Waals surface area contributed by atoms with Gasteiger partial charge in [-0.25, -0.2) is 0 Å². The average molecular weight is 274 g/mol. The highest BCUT2D eigenvalue weighted by atomic mass is 16.6. The zero-order chi connectivity index (χ0) is 15.1. The molecule has 0 spiro atoms. The summed E-state index contributed by atoms with van der Waals surface area (Å²) in [6, 6.07) is 0. The summed E-state index contributed by atoms with van der Waals surface area (Å²) in [6.07, 6.45) is 0. The first kappa shape index (κ1) is 16.9. The average Bonchev–Trinajstić information content (AvgIpc) is 2.37. The molecule has 108 valence electrons. The topological polar surface area (TPSA) is 88.1 Å². The molecule has 0 aliphatic rings. The number of rotatable bonds is 7. The number of allylic oxidation sites excluding steroid dienone is 1. The van der Waals surface area contributed by atoms with Crippen molar-refractivity contribution in [2.45, 2.75) is 13.8 Å². The van der Waals surface area contributed by atoms with Crippen LogP contribution in [0.1, 0.15) is 13.8 Å². The Bertz CT molecular complexity index is 336. The molecular formula is C12H18O7. The Kier molecular flexibility index (Phi) is 6.60. The molecule has 0 N–H and O–H groups in total. The molecule has 0 bridgehead atoms. The lowest BCUT2D eigenvalue weighted by Gasteiger charge is -2.27. The van der Waals surface area contributed by atoms with Gasteiger partial charge in [-0.05, 0) is 6.92 Å². The van der Waals surface area contributed by atoms with Crippen molar-refractivity contribution in [3.63, 3.8) is 0 Å². The van der Waals surface area contributed by atoms with Gasteiger partial charge in [0.1, 0.15) is 13.2 Å². The Labute approximate surface area is 111 Å². The lowest BCUT2D eigenvalue weighted by atomic mass is 9.90. The van der Waals surface area contributed by atoms with Crippen LogP contribution >= 0.6 is 0 Å². The minimum atomic E-state index is -1.87. The van der Waals surface area contributed by atoms with E-state index in [1.807, 2.05) is 0 Å². The summed E-state index contributed by atoms with van der Waals surface area (Å²) in [5, 5.41) is 0. The van der Waals surface area contributed by atoms with Crippen molar-refractivity contribution >= 4 is 17.9 Å². The Balaban J connectivity index is 5.30. The van der Waals surface area contributed by atoms with E-state index < -0.39 is 36.5 Å². The van der Waals surface area contributed by atoms with Crippen LogP contribution in [0.15, 0.2) is 12.3 Å². The highest BCUT2D eigenvalue weighted by molar-refractivity contribution is 6.00. The molecule has 0 aromatic carbocycles. The van der Waals surface area contributed by atoms with Gasteiger partial charge in [-0.3, -0.25) is 14.4 Å². The van der Waals surface area contributed by atoms with E-state index in [1.165, 1.54) is 0 Å². The minimum Gasteiger partial charge on any atom is -0.497 e. The second-order valence-corrected chi connectivity index (χ2v) is 3.84. The van der Waals surface area contributed by atoms with Crippen LogP contribution < -0.4 is 0 Å². The Morgan fingerprint density at radius 1 is 0.947 bits per heavy atom. The Morgan fingerprint density at radius 3 is 1.68 bits per heavy atom. The lowest BCUT2D eigenvalue weighted by Crippen LogP contribution is -2.49. The summed E-state index contributed by atoms with van der Waals surface area (Å²) in [4.78, 5) is 34.5. The van der Waals surface area contributed by atoms with E-state index in [0.717, 1.165) is 21.1 Å². The molecule has 7 nitrogen and oxygen atoms in total. The molecule has 0 unspecified atom stereocenters. The Morgan fingerprint density at radius 2 is 1.37 bits per heavy atom. The number of ether oxygens (including phenoxy) is 4. The smallest absolute Gasteiger partial charge is 0.330 e. The van der Waals surface area contributed by atoms with E-state index in [1.54, 1.807) is 6.92 Å². The first-order valence-electron chi connectivity index (χ1n) is 5.38. The van der Waals surface area contributed by atoms with Crippen molar-refractivity contribution in [1.29, 1.82) is 0 Å². The fraction of sp³-hybridized carbons (Fsp3) is 0.583. The molecule has 0 aliphatic heterocycles. The second kappa shape index (κ2) is 7.40. The van der Waals surface area contributed by atoms with Gasteiger partial charge in [0.05, 0.1) is 20.0 Å². The van der Waals surface area contributed by atoms with Crippen molar-refractivity contribution in [2.24, 2.45) is 5.41 Å². The van der Waals surface area contributed by atoms with E-state index in [2.05, 4.69) is 16.1 Å². The molecule has 0 fully saturated rings. The van der Waals surface area contributed by atoms with Crippen LogP contribution in [0.3, 0.4) is 0 Å². The third-order valence-corrected chi connectivity index (χ3v) is 2.24. The molecule has 0 aromatic rings. The molecule has 0 aromatic heterocycles. The van der Waals surface area contributed by atoms with Gasteiger partial charge in [-0.1, -0.05) is 6.58 Å². The number of hydrogen-bond acceptors (Lipinski definition) is 7. The SMILES string of the molecule is C=C(C)OCC(COC(C)=O)(C(=O)OC)C(=O)OC. The number of esters is 3. The fourth-order valence-corrected chi connectivity index (χ4v) is 1.22. The molecule has 0 rings (SSSR count). The van der Waals surface area contributed by atoms with Gasteiger partial charge in [0.15, 0.2) is 0 Å². The van der Waals surface area contributed by atoms with Gasteiger partial charge in [0, 0.05) is 6.92 Å². The van der Waals surface area contributed by atoms with Crippen LogP contribution in [0.4, 0.5) is 0 Å². The van der Waals surface area contributed by atoms with Gasteiger partial charge in [0.2, 0.25) is 5.41 Å². The van der Waals surface area contributed by atoms with Gasteiger partial charge in [-0.2, -0.15) is 0 Å². The van der Waals surface area contributed by atoms with Gasteiger partial charge >= 0.3 is 17.9 Å². The summed E-state index contributed by atoms with van der Waals surface area (Å²) in [5.41, 5.74) is -1.87. The molecule has 0 saturated carbocycles. The van der Waals surface area contributed by atoms with E-state index in [4.69, 9.17) is 9.47 Å². The maximum Gasteiger partial charge on any atom is 0.330 e. The molecule has 0 heterocycles. The molecular weight excluding hydrogens is 256 g/mol. The van der Waals surface area contributed by atoms with Crippen LogP contribution in [0, 0.1) is 5.41 Å². The predicted octanol–water partition coefficient (Wildman–Crippen LogP) is 0.432. The first-order valence-corrected chi connectivity index (χ1v) is 5.38. The molecule has 0 radical (unpaired) electrons. The normalized spacial score (nSPS) is 10.3. The van der Waals surface area contributed by atoms with Crippen LogP contribution in [-0.2, 0) is 33.3 Å². The van der Waals surface area contributed by atoms with Crippen molar-refractivity contribution < 1.29 is 33.3 Å².